The van der Waals surface area contributed by atoms with Crippen LogP contribution >= 0.6 is 0 Å². The molecule has 0 radical (unpaired) electrons. The molecule has 0 aromatic carbocycles. The Bertz CT molecular complexity index is 1470. The zero-order valence-corrected chi connectivity index (χ0v) is 42.7. The summed E-state index contributed by atoms with van der Waals surface area (Å²) < 4.78 is 6.47. The summed E-state index contributed by atoms with van der Waals surface area (Å²) in [5.41, 5.74) is -0.0419. The Hall–Kier alpha value is -2.24. The van der Waals surface area contributed by atoms with Crippen LogP contribution in [0.3, 0.4) is 0 Å². The molecule has 3 fully saturated rings. The predicted octanol–water partition coefficient (Wildman–Crippen LogP) is 10.9. The molecule has 11 nitrogen and oxygen atoms in total. The molecule has 3 aliphatic rings. The molecule has 3 heterocycles. The van der Waals surface area contributed by atoms with Gasteiger partial charge in [-0.25, -0.2) is 0 Å². The first-order valence-corrected chi connectivity index (χ1v) is 24.3. The molecule has 0 aromatic heterocycles. The van der Waals surface area contributed by atoms with Gasteiger partial charge in [0, 0.05) is 47.8 Å². The number of carboxylic acids is 3. The van der Waals surface area contributed by atoms with E-state index in [0.29, 0.717) is 18.8 Å². The van der Waals surface area contributed by atoms with Gasteiger partial charge < -0.3 is 34.8 Å². The van der Waals surface area contributed by atoms with Gasteiger partial charge in [-0.15, -0.1) is 0 Å². The molecule has 0 saturated carbocycles. The van der Waals surface area contributed by atoms with Crippen molar-refractivity contribution in [1.82, 2.24) is 14.7 Å². The minimum atomic E-state index is -0.737. The monoisotopic (exact) mass is 878 g/mol. The second kappa shape index (κ2) is 22.3. The van der Waals surface area contributed by atoms with Gasteiger partial charge in [0.15, 0.2) is 0 Å². The number of likely N-dealkylation sites (tertiary alicyclic amines) is 3. The van der Waals surface area contributed by atoms with E-state index < -0.39 is 17.9 Å². The molecule has 3 rings (SSSR count). The third kappa shape index (κ3) is 12.8. The van der Waals surface area contributed by atoms with E-state index in [4.69, 9.17) is 20.1 Å². The summed E-state index contributed by atoms with van der Waals surface area (Å²) in [5.74, 6) is -1.61. The number of carboxylic acid groups (broad SMARTS) is 3. The van der Waals surface area contributed by atoms with E-state index in [1.807, 2.05) is 0 Å². The average molecular weight is 878 g/mol. The lowest BCUT2D eigenvalue weighted by molar-refractivity contribution is -0.183. The van der Waals surface area contributed by atoms with Crippen LogP contribution in [0.15, 0.2) is 0 Å². The summed E-state index contributed by atoms with van der Waals surface area (Å²) in [6.07, 6.45) is 13.3. The van der Waals surface area contributed by atoms with Gasteiger partial charge in [-0.2, -0.15) is 0 Å². The normalized spacial score (nSPS) is 27.5. The number of ether oxygens (including phenoxy) is 1. The largest absolute Gasteiger partial charge is 0.481 e. The number of hydrogen-bond donors (Lipinski definition) is 3. The molecule has 3 N–H and O–H groups in total. The lowest BCUT2D eigenvalue weighted by Crippen LogP contribution is -2.65. The second-order valence-corrected chi connectivity index (χ2v) is 23.2. The average Bonchev–Trinajstić information content (AvgIpc) is 3.15. The van der Waals surface area contributed by atoms with Crippen molar-refractivity contribution in [2.75, 3.05) is 40.8 Å². The van der Waals surface area contributed by atoms with E-state index in [2.05, 4.69) is 126 Å². The van der Waals surface area contributed by atoms with E-state index in [0.717, 1.165) is 96.7 Å². The van der Waals surface area contributed by atoms with Crippen LogP contribution in [0.1, 0.15) is 199 Å². The Kier molecular flexibility index (Phi) is 20.1. The number of carbonyl (C=O) groups excluding carboxylic acids is 1. The highest BCUT2D eigenvalue weighted by Crippen LogP contribution is 2.60. The number of piperidine rings is 3. The molecule has 3 saturated heterocycles. The van der Waals surface area contributed by atoms with Crippen LogP contribution in [-0.2, 0) is 23.9 Å². The Morgan fingerprint density at radius 1 is 0.532 bits per heavy atom. The van der Waals surface area contributed by atoms with Crippen LogP contribution in [0.5, 0.6) is 0 Å². The third-order valence-corrected chi connectivity index (χ3v) is 19.2. The molecule has 0 amide bonds. The van der Waals surface area contributed by atoms with E-state index in [1.165, 1.54) is 0 Å². The number of nitrogens with zero attached hydrogens (tertiary/aromatic N) is 3. The summed E-state index contributed by atoms with van der Waals surface area (Å²) in [6.45, 7) is 33.0. The Balaban J connectivity index is 0.000000451. The van der Waals surface area contributed by atoms with E-state index in [9.17, 15) is 19.2 Å². The molecule has 5 atom stereocenters. The Morgan fingerprint density at radius 2 is 0.952 bits per heavy atom. The van der Waals surface area contributed by atoms with E-state index in [1.54, 1.807) is 0 Å². The highest BCUT2D eigenvalue weighted by atomic mass is 16.5. The maximum atomic E-state index is 14.0. The summed E-state index contributed by atoms with van der Waals surface area (Å²) in [7, 11) is 6.56. The summed E-state index contributed by atoms with van der Waals surface area (Å²) in [6, 6.07) is 0. The van der Waals surface area contributed by atoms with Crippen LogP contribution in [0.2, 0.25) is 0 Å². The maximum absolute atomic E-state index is 14.0. The SMILES string of the molecule is CN1CCC(C)(C(CCCCC(=O)O)CCCC(=O)O)C(C)(C)C1(C)C.CN1CCC(OC(=O)C(CCCCCCCC(=O)O)C2CCN(C)C(C)(C)C2(C)C)C(C)(C)C1(C)C. The molecule has 11 heteroatoms. The topological polar surface area (TPSA) is 148 Å². The molecule has 5 unspecified atom stereocenters. The van der Waals surface area contributed by atoms with Crippen LogP contribution in [0.25, 0.3) is 0 Å². The number of esters is 1. The van der Waals surface area contributed by atoms with Gasteiger partial charge in [0.1, 0.15) is 6.10 Å². The van der Waals surface area contributed by atoms with Crippen LogP contribution in [0.4, 0.5) is 0 Å². The summed E-state index contributed by atoms with van der Waals surface area (Å²) >= 11 is 0. The van der Waals surface area contributed by atoms with Gasteiger partial charge in [-0.05, 0) is 162 Å². The summed E-state index contributed by atoms with van der Waals surface area (Å²) in [4.78, 5) is 53.8. The highest BCUT2D eigenvalue weighted by molar-refractivity contribution is 5.73. The maximum Gasteiger partial charge on any atom is 0.309 e. The smallest absolute Gasteiger partial charge is 0.309 e. The molecular weight excluding hydrogens is 783 g/mol. The van der Waals surface area contributed by atoms with Crippen molar-refractivity contribution >= 4 is 23.9 Å². The van der Waals surface area contributed by atoms with Gasteiger partial charge in [-0.3, -0.25) is 19.2 Å². The number of hydrogen-bond acceptors (Lipinski definition) is 8. The first kappa shape index (κ1) is 55.9. The molecule has 62 heavy (non-hydrogen) atoms. The highest BCUT2D eigenvalue weighted by Gasteiger charge is 2.58. The second-order valence-electron chi connectivity index (χ2n) is 23.2. The number of rotatable bonds is 21. The lowest BCUT2D eigenvalue weighted by atomic mass is 9.48. The van der Waals surface area contributed by atoms with Crippen LogP contribution in [-0.4, -0.2) is 117 Å². The van der Waals surface area contributed by atoms with Crippen LogP contribution < -0.4 is 0 Å². The van der Waals surface area contributed by atoms with E-state index in [-0.39, 0.29) is 81.4 Å². The first-order chi connectivity index (χ1) is 28.3. The zero-order chi connectivity index (χ0) is 47.7. The Morgan fingerprint density at radius 3 is 1.50 bits per heavy atom. The predicted molar refractivity (Wildman–Crippen MR) is 251 cm³/mol. The fraction of sp³-hybridized carbons (Fsp3) is 0.922. The van der Waals surface area contributed by atoms with Crippen LogP contribution in [0, 0.1) is 39.4 Å². The van der Waals surface area contributed by atoms with Crippen molar-refractivity contribution < 1.29 is 39.2 Å². The fourth-order valence-electron chi connectivity index (χ4n) is 11.4. The zero-order valence-electron chi connectivity index (χ0n) is 42.7. The molecule has 0 aliphatic carbocycles. The van der Waals surface area contributed by atoms with Crippen molar-refractivity contribution in [3.8, 4) is 0 Å². The third-order valence-electron chi connectivity index (χ3n) is 19.2. The summed E-state index contributed by atoms with van der Waals surface area (Å²) in [5, 5.41) is 26.8. The van der Waals surface area contributed by atoms with Gasteiger partial charge >= 0.3 is 23.9 Å². The molecular formula is C51H95N3O8. The molecule has 0 spiro atoms. The van der Waals surface area contributed by atoms with Gasteiger partial charge in [0.25, 0.3) is 0 Å². The molecule has 0 aromatic rings. The van der Waals surface area contributed by atoms with Crippen molar-refractivity contribution in [1.29, 1.82) is 0 Å². The molecule has 0 bridgehead atoms. The number of unbranched alkanes of at least 4 members (excludes halogenated alkanes) is 5. The minimum Gasteiger partial charge on any atom is -0.481 e. The first-order valence-electron chi connectivity index (χ1n) is 24.3. The van der Waals surface area contributed by atoms with Gasteiger partial charge in [0.2, 0.25) is 0 Å². The fourth-order valence-corrected chi connectivity index (χ4v) is 11.4. The standard InChI is InChI=1S/C30H56N2O4.C21H39NO4/c1-27(2)23(18-20-31(9)29(27,5)6)22(16-14-12-11-13-15-17-25(33)34)26(35)36-24-19-21-32(10)30(7,8)28(24,3)4;1-19(2)20(3,4)22(6)15-14-21(19,5)16(11-9-13-18(25)26)10-7-8-12-17(23)24/h22-24H,11-21H2,1-10H3,(H,33,34);16H,7-15H2,1-6H3,(H,23,24)(H,25,26). The van der Waals surface area contributed by atoms with Gasteiger partial charge in [0.05, 0.1) is 5.92 Å². The Labute approximate surface area is 378 Å². The lowest BCUT2D eigenvalue weighted by Gasteiger charge is -2.64. The molecule has 3 aliphatic heterocycles. The number of aliphatic carboxylic acids is 3. The van der Waals surface area contributed by atoms with Crippen molar-refractivity contribution in [3.63, 3.8) is 0 Å². The van der Waals surface area contributed by atoms with Crippen molar-refractivity contribution in [2.24, 2.45) is 39.4 Å². The van der Waals surface area contributed by atoms with Crippen molar-refractivity contribution in [2.45, 2.75) is 222 Å². The quantitative estimate of drug-likeness (QED) is 0.0747. The number of carbonyl (C=O) groups is 4. The molecule has 362 valence electrons. The van der Waals surface area contributed by atoms with Crippen molar-refractivity contribution in [3.05, 3.63) is 0 Å². The van der Waals surface area contributed by atoms with Gasteiger partial charge in [-0.1, -0.05) is 80.6 Å². The minimum absolute atomic E-state index is 0.00210. The van der Waals surface area contributed by atoms with E-state index >= 15 is 0 Å².